The Hall–Kier alpha value is -4.29. The molecule has 0 fully saturated rings. The van der Waals surface area contributed by atoms with Crippen LogP contribution in [0.1, 0.15) is 11.1 Å². The predicted molar refractivity (Wildman–Crippen MR) is 132 cm³/mol. The van der Waals surface area contributed by atoms with Gasteiger partial charge in [0, 0.05) is 5.56 Å². The number of hydrogen-bond acceptors (Lipinski definition) is 5. The number of hydrogen-bond donors (Lipinski definition) is 0. The van der Waals surface area contributed by atoms with Crippen molar-refractivity contribution in [2.75, 3.05) is 13.7 Å². The SMILES string of the molecule is C#CCOc1c(Cl)cc(C=Nn2c(-c3cccc(C(F)(F)F)c3)nc3ccccc3c2=O)cc1OC. The van der Waals surface area contributed by atoms with E-state index < -0.39 is 17.3 Å². The molecule has 10 heteroatoms. The number of fused-ring (bicyclic) bond motifs is 1. The molecule has 182 valence electrons. The highest BCUT2D eigenvalue weighted by Crippen LogP contribution is 2.36. The summed E-state index contributed by atoms with van der Waals surface area (Å²) in [6, 6.07) is 14.1. The van der Waals surface area contributed by atoms with Gasteiger partial charge in [-0.05, 0) is 42.0 Å². The molecule has 4 aromatic rings. The van der Waals surface area contributed by atoms with Crippen LogP contribution in [0.15, 0.2) is 70.6 Å². The first-order chi connectivity index (χ1) is 17.2. The Labute approximate surface area is 208 Å². The van der Waals surface area contributed by atoms with E-state index in [0.29, 0.717) is 11.1 Å². The van der Waals surface area contributed by atoms with Crippen LogP contribution in [0.25, 0.3) is 22.3 Å². The summed E-state index contributed by atoms with van der Waals surface area (Å²) < 4.78 is 51.7. The average Bonchev–Trinajstić information content (AvgIpc) is 2.86. The molecule has 1 aromatic heterocycles. The van der Waals surface area contributed by atoms with Crippen molar-refractivity contribution in [3.8, 4) is 35.2 Å². The molecule has 6 nitrogen and oxygen atoms in total. The lowest BCUT2D eigenvalue weighted by atomic mass is 10.1. The standard InChI is InChI=1S/C26H17ClF3N3O3/c1-3-11-36-23-20(27)12-16(13-22(23)35-2)15-31-33-24(17-7-6-8-18(14-17)26(28,29)30)32-21-10-5-4-9-19(21)25(33)34/h1,4-10,12-15H,11H2,2H3. The molecule has 0 spiro atoms. The van der Waals surface area contributed by atoms with Gasteiger partial charge in [0.15, 0.2) is 17.3 Å². The van der Waals surface area contributed by atoms with Crippen LogP contribution < -0.4 is 15.0 Å². The van der Waals surface area contributed by atoms with Crippen molar-refractivity contribution in [2.24, 2.45) is 5.10 Å². The van der Waals surface area contributed by atoms with Gasteiger partial charge in [-0.15, -0.1) is 6.42 Å². The van der Waals surface area contributed by atoms with Gasteiger partial charge in [-0.1, -0.05) is 41.8 Å². The van der Waals surface area contributed by atoms with E-state index in [9.17, 15) is 18.0 Å². The molecule has 0 saturated carbocycles. The molecular formula is C26H17ClF3N3O3. The topological polar surface area (TPSA) is 65.7 Å². The minimum atomic E-state index is -4.57. The number of aromatic nitrogens is 2. The monoisotopic (exact) mass is 511 g/mol. The first-order valence-corrected chi connectivity index (χ1v) is 10.8. The summed E-state index contributed by atoms with van der Waals surface area (Å²) in [6.07, 6.45) is 1.97. The number of benzene rings is 3. The van der Waals surface area contributed by atoms with E-state index in [4.69, 9.17) is 27.5 Å². The minimum Gasteiger partial charge on any atom is -0.493 e. The summed E-state index contributed by atoms with van der Waals surface area (Å²) in [5.74, 6) is 2.79. The highest BCUT2D eigenvalue weighted by molar-refractivity contribution is 6.32. The van der Waals surface area contributed by atoms with Gasteiger partial charge in [0.05, 0.1) is 34.8 Å². The molecule has 0 amide bonds. The smallest absolute Gasteiger partial charge is 0.416 e. The molecule has 0 unspecified atom stereocenters. The van der Waals surface area contributed by atoms with Crippen molar-refractivity contribution in [1.82, 2.24) is 9.66 Å². The number of halogens is 4. The van der Waals surface area contributed by atoms with Crippen molar-refractivity contribution < 1.29 is 22.6 Å². The van der Waals surface area contributed by atoms with Gasteiger partial charge >= 0.3 is 6.18 Å². The van der Waals surface area contributed by atoms with Crippen molar-refractivity contribution >= 4 is 28.7 Å². The molecular weight excluding hydrogens is 495 g/mol. The van der Waals surface area contributed by atoms with Crippen molar-refractivity contribution in [2.45, 2.75) is 6.18 Å². The second-order valence-corrected chi connectivity index (χ2v) is 7.83. The van der Waals surface area contributed by atoms with Gasteiger partial charge in [-0.3, -0.25) is 4.79 Å². The number of para-hydroxylation sites is 1. The van der Waals surface area contributed by atoms with Crippen LogP contribution in [0.3, 0.4) is 0 Å². The largest absolute Gasteiger partial charge is 0.493 e. The molecule has 0 aliphatic rings. The van der Waals surface area contributed by atoms with Crippen molar-refractivity contribution in [3.05, 3.63) is 87.2 Å². The molecule has 0 saturated heterocycles. The number of methoxy groups -OCH3 is 1. The molecule has 0 aliphatic heterocycles. The second-order valence-electron chi connectivity index (χ2n) is 7.42. The Morgan fingerprint density at radius 1 is 1.17 bits per heavy atom. The summed E-state index contributed by atoms with van der Waals surface area (Å²) in [6.45, 7) is -0.0258. The minimum absolute atomic E-state index is 0.0258. The zero-order chi connectivity index (χ0) is 25.9. The number of ether oxygens (including phenoxy) is 2. The van der Waals surface area contributed by atoms with Gasteiger partial charge < -0.3 is 9.47 Å². The second kappa shape index (κ2) is 10.1. The summed E-state index contributed by atoms with van der Waals surface area (Å²) in [4.78, 5) is 17.7. The molecule has 3 aromatic carbocycles. The maximum Gasteiger partial charge on any atom is 0.416 e. The predicted octanol–water partition coefficient (Wildman–Crippen LogP) is 5.64. The van der Waals surface area contributed by atoms with Crippen molar-refractivity contribution in [3.63, 3.8) is 0 Å². The molecule has 0 bridgehead atoms. The molecule has 1 heterocycles. The summed E-state index contributed by atoms with van der Waals surface area (Å²) in [5.41, 5.74) is -0.618. The number of rotatable bonds is 6. The summed E-state index contributed by atoms with van der Waals surface area (Å²) in [5, 5.41) is 4.69. The van der Waals surface area contributed by atoms with E-state index in [-0.39, 0.29) is 39.9 Å². The number of nitrogens with zero attached hydrogens (tertiary/aromatic N) is 3. The lowest BCUT2D eigenvalue weighted by Gasteiger charge is -2.13. The molecule has 0 aliphatic carbocycles. The Balaban J connectivity index is 1.88. The third-order valence-electron chi connectivity index (χ3n) is 5.08. The van der Waals surface area contributed by atoms with Crippen LogP contribution in [-0.4, -0.2) is 29.6 Å². The maximum atomic E-state index is 13.3. The van der Waals surface area contributed by atoms with E-state index in [1.807, 2.05) is 0 Å². The van der Waals surface area contributed by atoms with Crippen LogP contribution in [0.4, 0.5) is 13.2 Å². The van der Waals surface area contributed by atoms with Crippen LogP contribution in [0.2, 0.25) is 5.02 Å². The first kappa shape index (κ1) is 24.8. The molecule has 0 N–H and O–H groups in total. The Kier molecular flexibility index (Phi) is 6.99. The zero-order valence-electron chi connectivity index (χ0n) is 18.7. The maximum absolute atomic E-state index is 13.3. The summed E-state index contributed by atoms with van der Waals surface area (Å²) >= 11 is 6.30. The van der Waals surface area contributed by atoms with E-state index in [2.05, 4.69) is 16.0 Å². The van der Waals surface area contributed by atoms with E-state index in [0.717, 1.165) is 16.8 Å². The molecule has 0 radical (unpaired) electrons. The fraction of sp³-hybridized carbons (Fsp3) is 0.115. The third-order valence-corrected chi connectivity index (χ3v) is 5.36. The first-order valence-electron chi connectivity index (χ1n) is 10.4. The average molecular weight is 512 g/mol. The van der Waals surface area contributed by atoms with E-state index in [1.165, 1.54) is 31.5 Å². The fourth-order valence-electron chi connectivity index (χ4n) is 3.44. The molecule has 0 atom stereocenters. The molecule has 36 heavy (non-hydrogen) atoms. The lowest BCUT2D eigenvalue weighted by Crippen LogP contribution is -2.20. The lowest BCUT2D eigenvalue weighted by molar-refractivity contribution is -0.137. The van der Waals surface area contributed by atoms with Crippen LogP contribution in [-0.2, 0) is 6.18 Å². The van der Waals surface area contributed by atoms with Gasteiger partial charge in [0.25, 0.3) is 5.56 Å². The van der Waals surface area contributed by atoms with Crippen LogP contribution >= 0.6 is 11.6 Å². The van der Waals surface area contributed by atoms with E-state index in [1.54, 1.807) is 30.3 Å². The zero-order valence-corrected chi connectivity index (χ0v) is 19.5. The van der Waals surface area contributed by atoms with Gasteiger partial charge in [0.1, 0.15) is 6.61 Å². The fourth-order valence-corrected chi connectivity index (χ4v) is 3.72. The van der Waals surface area contributed by atoms with Crippen LogP contribution in [0, 0.1) is 12.3 Å². The Bertz CT molecular complexity index is 1570. The van der Waals surface area contributed by atoms with E-state index >= 15 is 0 Å². The van der Waals surface area contributed by atoms with Crippen LogP contribution in [0.5, 0.6) is 11.5 Å². The Morgan fingerprint density at radius 2 is 1.94 bits per heavy atom. The number of alkyl halides is 3. The highest BCUT2D eigenvalue weighted by Gasteiger charge is 2.31. The summed E-state index contributed by atoms with van der Waals surface area (Å²) in [7, 11) is 1.42. The Morgan fingerprint density at radius 3 is 2.67 bits per heavy atom. The van der Waals surface area contributed by atoms with Gasteiger partial charge in [-0.25, -0.2) is 4.98 Å². The van der Waals surface area contributed by atoms with Gasteiger partial charge in [0.2, 0.25) is 0 Å². The quantitative estimate of drug-likeness (QED) is 0.248. The van der Waals surface area contributed by atoms with Crippen molar-refractivity contribution in [1.29, 1.82) is 0 Å². The third kappa shape index (κ3) is 5.04. The molecule has 4 rings (SSSR count). The normalized spacial score (nSPS) is 11.6. The highest BCUT2D eigenvalue weighted by atomic mass is 35.5. The van der Waals surface area contributed by atoms with Gasteiger partial charge in [-0.2, -0.15) is 22.9 Å². The number of terminal acetylenes is 1.